The van der Waals surface area contributed by atoms with Gasteiger partial charge in [0.15, 0.2) is 5.17 Å². The van der Waals surface area contributed by atoms with Gasteiger partial charge in [-0.05, 0) is 48.5 Å². The van der Waals surface area contributed by atoms with E-state index in [9.17, 15) is 4.79 Å². The van der Waals surface area contributed by atoms with Crippen molar-refractivity contribution in [3.05, 3.63) is 75.6 Å². The van der Waals surface area contributed by atoms with E-state index in [0.29, 0.717) is 21.6 Å². The first-order chi connectivity index (χ1) is 13.5. The standard InChI is InChI=1S/C21H18ClN3OS2/c1-4-11-25-19(26)18(28-21(25)23-15-8-6-5-7-13(15)2)20-24(3)16-12-14(22)9-10-17(16)27-20/h4-10,12H,1,11H2,2-3H3. The molecule has 1 saturated heterocycles. The molecule has 0 bridgehead atoms. The van der Waals surface area contributed by atoms with Crippen molar-refractivity contribution in [2.45, 2.75) is 11.8 Å². The molecule has 2 aliphatic heterocycles. The Labute approximate surface area is 178 Å². The average Bonchev–Trinajstić information content (AvgIpc) is 3.15. The van der Waals surface area contributed by atoms with Gasteiger partial charge in [-0.15, -0.1) is 6.58 Å². The first-order valence-electron chi connectivity index (χ1n) is 8.70. The molecule has 142 valence electrons. The number of thioether (sulfide) groups is 2. The molecule has 0 saturated carbocycles. The Morgan fingerprint density at radius 3 is 2.75 bits per heavy atom. The predicted octanol–water partition coefficient (Wildman–Crippen LogP) is 5.81. The first-order valence-corrected chi connectivity index (χ1v) is 10.7. The Hall–Kier alpha value is -2.15. The zero-order valence-corrected chi connectivity index (χ0v) is 17.9. The Kier molecular flexibility index (Phi) is 5.27. The highest BCUT2D eigenvalue weighted by atomic mass is 35.5. The van der Waals surface area contributed by atoms with Crippen LogP contribution in [0.15, 0.2) is 74.9 Å². The number of fused-ring (bicyclic) bond motifs is 1. The third-order valence-corrected chi connectivity index (χ3v) is 7.16. The molecule has 0 aliphatic carbocycles. The van der Waals surface area contributed by atoms with E-state index in [2.05, 4.69) is 6.58 Å². The minimum atomic E-state index is -0.0505. The SMILES string of the molecule is C=CCN1C(=O)C(=C2Sc3ccc(Cl)cc3N2C)SC1=Nc1ccccc1C. The summed E-state index contributed by atoms with van der Waals surface area (Å²) in [6.45, 7) is 6.22. The summed E-state index contributed by atoms with van der Waals surface area (Å²) in [5.74, 6) is -0.0505. The number of aryl methyl sites for hydroxylation is 1. The van der Waals surface area contributed by atoms with Crippen molar-refractivity contribution in [3.8, 4) is 0 Å². The molecule has 2 aromatic carbocycles. The fraction of sp³-hybridized carbons (Fsp3) is 0.143. The van der Waals surface area contributed by atoms with E-state index in [0.717, 1.165) is 26.9 Å². The lowest BCUT2D eigenvalue weighted by Gasteiger charge is -2.15. The van der Waals surface area contributed by atoms with Crippen LogP contribution in [-0.2, 0) is 4.79 Å². The van der Waals surface area contributed by atoms with Gasteiger partial charge in [0.05, 0.1) is 16.4 Å². The first kappa shape index (κ1) is 19.2. The van der Waals surface area contributed by atoms with Gasteiger partial charge in [-0.2, -0.15) is 0 Å². The molecule has 4 rings (SSSR count). The number of benzene rings is 2. The van der Waals surface area contributed by atoms with Crippen LogP contribution in [0.5, 0.6) is 0 Å². The Morgan fingerprint density at radius 1 is 1.21 bits per heavy atom. The highest BCUT2D eigenvalue weighted by molar-refractivity contribution is 8.19. The van der Waals surface area contributed by atoms with Crippen molar-refractivity contribution in [1.29, 1.82) is 0 Å². The van der Waals surface area contributed by atoms with Crippen molar-refractivity contribution in [2.75, 3.05) is 18.5 Å². The largest absolute Gasteiger partial charge is 0.337 e. The van der Waals surface area contributed by atoms with Gasteiger partial charge in [0.1, 0.15) is 4.91 Å². The molecule has 1 fully saturated rings. The highest BCUT2D eigenvalue weighted by Gasteiger charge is 2.38. The van der Waals surface area contributed by atoms with E-state index in [-0.39, 0.29) is 5.91 Å². The molecule has 4 nitrogen and oxygen atoms in total. The molecule has 2 aliphatic rings. The highest BCUT2D eigenvalue weighted by Crippen LogP contribution is 2.50. The maximum absolute atomic E-state index is 13.2. The van der Waals surface area contributed by atoms with E-state index < -0.39 is 0 Å². The second-order valence-electron chi connectivity index (χ2n) is 6.39. The molecule has 0 unspecified atom stereocenters. The number of rotatable bonds is 3. The van der Waals surface area contributed by atoms with E-state index in [1.807, 2.05) is 61.3 Å². The van der Waals surface area contributed by atoms with Gasteiger partial charge < -0.3 is 4.90 Å². The fourth-order valence-corrected chi connectivity index (χ4v) is 5.51. The molecular formula is C21H18ClN3OS2. The number of hydrogen-bond acceptors (Lipinski definition) is 5. The van der Waals surface area contributed by atoms with Crippen molar-refractivity contribution in [2.24, 2.45) is 4.99 Å². The quantitative estimate of drug-likeness (QED) is 0.457. The third-order valence-electron chi connectivity index (χ3n) is 4.49. The van der Waals surface area contributed by atoms with E-state index in [1.165, 1.54) is 11.8 Å². The van der Waals surface area contributed by atoms with Crippen molar-refractivity contribution in [3.63, 3.8) is 0 Å². The molecule has 7 heteroatoms. The monoisotopic (exact) mass is 427 g/mol. The van der Waals surface area contributed by atoms with E-state index in [1.54, 1.807) is 22.7 Å². The van der Waals surface area contributed by atoms with Crippen LogP contribution in [0, 0.1) is 6.92 Å². The molecule has 2 aromatic rings. The predicted molar refractivity (Wildman–Crippen MR) is 121 cm³/mol. The minimum absolute atomic E-state index is 0.0505. The summed E-state index contributed by atoms with van der Waals surface area (Å²) in [4.78, 5) is 23.4. The molecule has 2 heterocycles. The number of carbonyl (C=O) groups excluding carboxylic acids is 1. The normalized spacial score (nSPS) is 20.2. The summed E-state index contributed by atoms with van der Waals surface area (Å²) in [7, 11) is 1.96. The number of halogens is 1. The maximum atomic E-state index is 13.2. The van der Waals surface area contributed by atoms with Crippen LogP contribution >= 0.6 is 35.1 Å². The smallest absolute Gasteiger partial charge is 0.269 e. The number of aliphatic imine (C=N–C) groups is 1. The summed E-state index contributed by atoms with van der Waals surface area (Å²) in [6.07, 6.45) is 1.72. The van der Waals surface area contributed by atoms with Crippen LogP contribution in [0.3, 0.4) is 0 Å². The zero-order chi connectivity index (χ0) is 19.8. The van der Waals surface area contributed by atoms with Crippen LogP contribution in [-0.4, -0.2) is 29.6 Å². The summed E-state index contributed by atoms with van der Waals surface area (Å²) < 4.78 is 0. The Morgan fingerprint density at radius 2 is 2.00 bits per heavy atom. The summed E-state index contributed by atoms with van der Waals surface area (Å²) >= 11 is 9.15. The van der Waals surface area contributed by atoms with Gasteiger partial charge in [-0.3, -0.25) is 9.69 Å². The summed E-state index contributed by atoms with van der Waals surface area (Å²) in [5, 5.41) is 2.25. The van der Waals surface area contributed by atoms with Crippen LogP contribution in [0.25, 0.3) is 0 Å². The third kappa shape index (κ3) is 3.36. The van der Waals surface area contributed by atoms with Gasteiger partial charge in [0.25, 0.3) is 5.91 Å². The molecule has 0 spiro atoms. The van der Waals surface area contributed by atoms with Crippen LogP contribution < -0.4 is 4.90 Å². The molecule has 0 aromatic heterocycles. The van der Waals surface area contributed by atoms with Gasteiger partial charge in [0.2, 0.25) is 0 Å². The Balaban J connectivity index is 1.76. The number of hydrogen-bond donors (Lipinski definition) is 0. The molecule has 0 radical (unpaired) electrons. The Bertz CT molecular complexity index is 1050. The van der Waals surface area contributed by atoms with Gasteiger partial charge >= 0.3 is 0 Å². The number of nitrogens with zero attached hydrogens (tertiary/aromatic N) is 3. The topological polar surface area (TPSA) is 35.9 Å². The molecule has 0 N–H and O–H groups in total. The van der Waals surface area contributed by atoms with Crippen molar-refractivity contribution in [1.82, 2.24) is 4.90 Å². The summed E-state index contributed by atoms with van der Waals surface area (Å²) in [6, 6.07) is 13.7. The fourth-order valence-electron chi connectivity index (χ4n) is 3.02. The van der Waals surface area contributed by atoms with Crippen molar-refractivity contribution >= 4 is 57.6 Å². The van der Waals surface area contributed by atoms with Crippen LogP contribution in [0.2, 0.25) is 5.02 Å². The minimum Gasteiger partial charge on any atom is -0.337 e. The number of anilines is 1. The van der Waals surface area contributed by atoms with Crippen molar-refractivity contribution < 1.29 is 4.79 Å². The summed E-state index contributed by atoms with van der Waals surface area (Å²) in [5.41, 5.74) is 2.94. The maximum Gasteiger partial charge on any atom is 0.269 e. The lowest BCUT2D eigenvalue weighted by atomic mass is 10.2. The second kappa shape index (κ2) is 7.70. The van der Waals surface area contributed by atoms with E-state index >= 15 is 0 Å². The van der Waals surface area contributed by atoms with Crippen LogP contribution in [0.4, 0.5) is 11.4 Å². The molecule has 1 amide bonds. The lowest BCUT2D eigenvalue weighted by molar-refractivity contribution is -0.121. The number of para-hydroxylation sites is 1. The average molecular weight is 428 g/mol. The lowest BCUT2D eigenvalue weighted by Crippen LogP contribution is -2.29. The molecule has 0 atom stereocenters. The number of carbonyl (C=O) groups is 1. The number of amidine groups is 1. The number of amides is 1. The second-order valence-corrected chi connectivity index (χ2v) is 8.84. The molecule has 28 heavy (non-hydrogen) atoms. The zero-order valence-electron chi connectivity index (χ0n) is 15.5. The van der Waals surface area contributed by atoms with E-state index in [4.69, 9.17) is 16.6 Å². The van der Waals surface area contributed by atoms with Gasteiger partial charge in [-0.1, -0.05) is 47.6 Å². The van der Waals surface area contributed by atoms with Gasteiger partial charge in [0, 0.05) is 23.5 Å². The molecular weight excluding hydrogens is 410 g/mol. The van der Waals surface area contributed by atoms with Gasteiger partial charge in [-0.25, -0.2) is 4.99 Å². The van der Waals surface area contributed by atoms with Crippen LogP contribution in [0.1, 0.15) is 5.56 Å².